The molecule has 0 aromatic carbocycles. The fraction of sp³-hybridized carbons (Fsp3) is 1.00. The van der Waals surface area contributed by atoms with Crippen molar-refractivity contribution in [1.82, 2.24) is 5.32 Å². The molecule has 3 heteroatoms. The standard InChI is InChI=1S/C6H12I2N/c1-6(5-8-7)3-2-4-9-6/h9H,2-5H2,1H3/q-1. The van der Waals surface area contributed by atoms with Gasteiger partial charge < -0.3 is 0 Å². The maximum absolute atomic E-state index is 3.56. The molecule has 0 aromatic heterocycles. The molecule has 56 valence electrons. The van der Waals surface area contributed by atoms with Crippen molar-refractivity contribution < 1.29 is 17.2 Å². The van der Waals surface area contributed by atoms with E-state index in [-0.39, 0.29) is 0 Å². The minimum atomic E-state index is 0.452. The van der Waals surface area contributed by atoms with Gasteiger partial charge in [-0.25, -0.2) is 0 Å². The molecule has 1 N–H and O–H groups in total. The zero-order valence-corrected chi connectivity index (χ0v) is 9.90. The quantitative estimate of drug-likeness (QED) is 0.475. The zero-order chi connectivity index (χ0) is 6.74. The molecule has 0 spiro atoms. The van der Waals surface area contributed by atoms with E-state index < -0.39 is 0 Å². The Morgan fingerprint density at radius 3 is 3.00 bits per heavy atom. The molecule has 1 unspecified atom stereocenters. The van der Waals surface area contributed by atoms with Crippen LogP contribution in [0.4, 0.5) is 0 Å². The summed E-state index contributed by atoms with van der Waals surface area (Å²) in [4.78, 5) is 0. The summed E-state index contributed by atoms with van der Waals surface area (Å²) in [6.07, 6.45) is 2.78. The fourth-order valence-electron chi connectivity index (χ4n) is 1.18. The minimum absolute atomic E-state index is 0.452. The molecular weight excluding hydrogens is 340 g/mol. The normalized spacial score (nSPS) is 35.8. The van der Waals surface area contributed by atoms with Crippen LogP contribution in [0.2, 0.25) is 0 Å². The monoisotopic (exact) mass is 352 g/mol. The van der Waals surface area contributed by atoms with E-state index >= 15 is 0 Å². The van der Waals surface area contributed by atoms with Crippen molar-refractivity contribution in [3.63, 3.8) is 0 Å². The van der Waals surface area contributed by atoms with Crippen LogP contribution in [0.15, 0.2) is 0 Å². The predicted octanol–water partition coefficient (Wildman–Crippen LogP) is -1.43. The molecule has 0 bridgehead atoms. The average Bonchev–Trinajstić information content (AvgIpc) is 2.16. The van der Waals surface area contributed by atoms with Gasteiger partial charge in [0, 0.05) is 0 Å². The molecular formula is C6H12I2N-. The Labute approximate surface area is 76.8 Å². The molecule has 0 amide bonds. The summed E-state index contributed by atoms with van der Waals surface area (Å²) in [6, 6.07) is 0. The van der Waals surface area contributed by atoms with Crippen LogP contribution in [0, 0.1) is 0 Å². The Kier molecular flexibility index (Phi) is 3.51. The third-order valence-electron chi connectivity index (χ3n) is 1.80. The zero-order valence-electron chi connectivity index (χ0n) is 5.58. The SMILES string of the molecule is CC1(C[I-]I)CCCN1. The van der Waals surface area contributed by atoms with Gasteiger partial charge in [0.15, 0.2) is 0 Å². The van der Waals surface area contributed by atoms with Gasteiger partial charge in [0.05, 0.1) is 0 Å². The summed E-state index contributed by atoms with van der Waals surface area (Å²) in [7, 11) is 0. The average molecular weight is 352 g/mol. The first-order chi connectivity index (χ1) is 4.27. The van der Waals surface area contributed by atoms with Gasteiger partial charge in [-0.15, -0.1) is 0 Å². The second-order valence-corrected chi connectivity index (χ2v) is 8.03. The molecule has 1 nitrogen and oxygen atoms in total. The number of nitrogens with one attached hydrogen (secondary N) is 1. The van der Waals surface area contributed by atoms with Crippen LogP contribution in [0.3, 0.4) is 0 Å². The second kappa shape index (κ2) is 3.71. The van der Waals surface area contributed by atoms with E-state index in [0.717, 1.165) is 0 Å². The summed E-state index contributed by atoms with van der Waals surface area (Å²) < 4.78 is 1.44. The number of hydrogen-bond acceptors (Lipinski definition) is 1. The van der Waals surface area contributed by atoms with Gasteiger partial charge in [0.1, 0.15) is 0 Å². The molecule has 1 aliphatic heterocycles. The molecule has 0 aromatic rings. The molecule has 0 saturated carbocycles. The van der Waals surface area contributed by atoms with Crippen molar-refractivity contribution >= 4 is 18.6 Å². The van der Waals surface area contributed by atoms with Gasteiger partial charge in [0.25, 0.3) is 0 Å². The Morgan fingerprint density at radius 2 is 2.56 bits per heavy atom. The van der Waals surface area contributed by atoms with Crippen molar-refractivity contribution in [2.75, 3.05) is 11.0 Å². The molecule has 1 heterocycles. The van der Waals surface area contributed by atoms with E-state index in [1.807, 2.05) is 0 Å². The number of halogens is 2. The molecule has 0 radical (unpaired) electrons. The molecule has 1 atom stereocenters. The van der Waals surface area contributed by atoms with Gasteiger partial charge in [-0.05, 0) is 0 Å². The molecule has 1 saturated heterocycles. The van der Waals surface area contributed by atoms with Crippen LogP contribution in [-0.4, -0.2) is 16.5 Å². The maximum atomic E-state index is 3.56. The second-order valence-electron chi connectivity index (χ2n) is 2.83. The first kappa shape index (κ1) is 8.52. The Bertz CT molecular complexity index is 89.1. The van der Waals surface area contributed by atoms with Gasteiger partial charge in [-0.3, -0.25) is 0 Å². The van der Waals surface area contributed by atoms with Crippen LogP contribution >= 0.6 is 18.6 Å². The van der Waals surface area contributed by atoms with Crippen LogP contribution in [0.1, 0.15) is 19.8 Å². The Balaban J connectivity index is 2.32. The third kappa shape index (κ3) is 2.49. The van der Waals surface area contributed by atoms with Crippen molar-refractivity contribution in [1.29, 1.82) is 0 Å². The summed E-state index contributed by atoms with van der Waals surface area (Å²) in [5.41, 5.74) is 0.536. The van der Waals surface area contributed by atoms with Crippen molar-refractivity contribution in [2.24, 2.45) is 0 Å². The van der Waals surface area contributed by atoms with Crippen molar-refractivity contribution in [2.45, 2.75) is 25.3 Å². The molecule has 0 aliphatic carbocycles. The van der Waals surface area contributed by atoms with E-state index in [1.165, 1.54) is 23.8 Å². The summed E-state index contributed by atoms with van der Waals surface area (Å²) in [6.45, 7) is 3.61. The van der Waals surface area contributed by atoms with Crippen molar-refractivity contribution in [3.05, 3.63) is 0 Å². The van der Waals surface area contributed by atoms with Crippen LogP contribution in [0.25, 0.3) is 0 Å². The predicted molar refractivity (Wildman–Crippen MR) is 44.5 cm³/mol. The Hall–Kier alpha value is 1.42. The van der Waals surface area contributed by atoms with Gasteiger partial charge in [-0.1, -0.05) is 0 Å². The van der Waals surface area contributed by atoms with Crippen LogP contribution in [0.5, 0.6) is 0 Å². The first-order valence-corrected chi connectivity index (χ1v) is 11.0. The van der Waals surface area contributed by atoms with Crippen LogP contribution in [-0.2, 0) is 0 Å². The van der Waals surface area contributed by atoms with Crippen LogP contribution < -0.4 is 22.5 Å². The van der Waals surface area contributed by atoms with Gasteiger partial charge in [-0.2, -0.15) is 0 Å². The van der Waals surface area contributed by atoms with E-state index in [1.54, 1.807) is 0 Å². The van der Waals surface area contributed by atoms with Gasteiger partial charge >= 0.3 is 77.4 Å². The number of rotatable bonds is 2. The Morgan fingerprint density at radius 1 is 1.78 bits per heavy atom. The number of alkyl halides is 1. The molecule has 9 heavy (non-hydrogen) atoms. The summed E-state index contributed by atoms with van der Waals surface area (Å²) in [5, 5.41) is 3.56. The fourth-order valence-corrected chi connectivity index (χ4v) is 6.74. The molecule has 1 fully saturated rings. The van der Waals surface area contributed by atoms with E-state index in [0.29, 0.717) is 22.8 Å². The first-order valence-electron chi connectivity index (χ1n) is 3.22. The van der Waals surface area contributed by atoms with E-state index in [2.05, 4.69) is 30.9 Å². The van der Waals surface area contributed by atoms with Gasteiger partial charge in [0.2, 0.25) is 0 Å². The van der Waals surface area contributed by atoms with Crippen molar-refractivity contribution in [3.8, 4) is 0 Å². The summed E-state index contributed by atoms with van der Waals surface area (Å²) >= 11 is 3.01. The molecule has 1 aliphatic rings. The topological polar surface area (TPSA) is 12.0 Å². The third-order valence-corrected chi connectivity index (χ3v) is 5.71. The molecule has 1 rings (SSSR count). The van der Waals surface area contributed by atoms with E-state index in [4.69, 9.17) is 0 Å². The summed E-state index contributed by atoms with van der Waals surface area (Å²) in [5.74, 6) is 0. The van der Waals surface area contributed by atoms with E-state index in [9.17, 15) is 0 Å². The number of hydrogen-bond donors (Lipinski definition) is 1.